The molecule has 12 heavy (non-hydrogen) atoms. The molecule has 0 saturated heterocycles. The van der Waals surface area contributed by atoms with Gasteiger partial charge < -0.3 is 4.74 Å². The second kappa shape index (κ2) is 4.26. The summed E-state index contributed by atoms with van der Waals surface area (Å²) in [7, 11) is 0. The van der Waals surface area contributed by atoms with Crippen molar-refractivity contribution in [3.63, 3.8) is 0 Å². The van der Waals surface area contributed by atoms with Crippen LogP contribution in [-0.4, -0.2) is 10.5 Å². The van der Waals surface area contributed by atoms with E-state index in [-0.39, 0.29) is 10.5 Å². The zero-order chi connectivity index (χ0) is 9.03. The van der Waals surface area contributed by atoms with Gasteiger partial charge in [0, 0.05) is 6.42 Å². The molecule has 2 nitrogen and oxygen atoms in total. The third-order valence-corrected chi connectivity index (χ3v) is 3.06. The minimum absolute atomic E-state index is 0.0729. The number of carbonyl (C=O) groups is 1. The molecule has 0 heterocycles. The molecule has 3 heteroatoms. The van der Waals surface area contributed by atoms with Crippen molar-refractivity contribution in [1.82, 2.24) is 0 Å². The average molecular weight is 235 g/mol. The molecule has 0 aromatic rings. The predicted octanol–water partition coefficient (Wildman–Crippen LogP) is 2.99. The van der Waals surface area contributed by atoms with Crippen LogP contribution in [-0.2, 0) is 9.53 Å². The van der Waals surface area contributed by atoms with Gasteiger partial charge in [-0.25, -0.2) is 0 Å². The van der Waals surface area contributed by atoms with Crippen LogP contribution in [0, 0.1) is 0 Å². The molecule has 0 radical (unpaired) electrons. The first-order chi connectivity index (χ1) is 5.66. The highest BCUT2D eigenvalue weighted by molar-refractivity contribution is 9.10. The Hall–Kier alpha value is -0.0500. The second-order valence-corrected chi connectivity index (χ2v) is 4.76. The molecule has 1 aliphatic rings. The molecular formula is C9H15BrO2. The largest absolute Gasteiger partial charge is 0.447 e. The zero-order valence-corrected chi connectivity index (χ0v) is 9.02. The van der Waals surface area contributed by atoms with E-state index in [0.29, 0.717) is 6.42 Å². The molecule has 0 aromatic carbocycles. The summed E-state index contributed by atoms with van der Waals surface area (Å²) in [5, 5.41) is 0. The summed E-state index contributed by atoms with van der Waals surface area (Å²) in [6, 6.07) is 0. The molecule has 0 atom stereocenters. The van der Waals surface area contributed by atoms with Gasteiger partial charge in [0.05, 0.1) is 0 Å². The Morgan fingerprint density at radius 2 is 2.08 bits per heavy atom. The molecule has 0 aromatic heterocycles. The van der Waals surface area contributed by atoms with Gasteiger partial charge in [-0.2, -0.15) is 0 Å². The molecule has 0 N–H and O–H groups in total. The molecule has 0 bridgehead atoms. The predicted molar refractivity (Wildman–Crippen MR) is 51.1 cm³/mol. The summed E-state index contributed by atoms with van der Waals surface area (Å²) in [5.41, 5.74) is 0. The number of rotatable bonds is 3. The lowest BCUT2D eigenvalue weighted by molar-refractivity contribution is -0.150. The smallest absolute Gasteiger partial charge is 0.307 e. The summed E-state index contributed by atoms with van der Waals surface area (Å²) in [4.78, 5) is 11.2. The highest BCUT2D eigenvalue weighted by Gasteiger charge is 2.34. The van der Waals surface area contributed by atoms with Crippen LogP contribution >= 0.6 is 15.9 Å². The van der Waals surface area contributed by atoms with E-state index in [9.17, 15) is 4.79 Å². The number of ether oxygens (including phenoxy) is 1. The highest BCUT2D eigenvalue weighted by atomic mass is 79.9. The van der Waals surface area contributed by atoms with Gasteiger partial charge in [0.2, 0.25) is 0 Å². The van der Waals surface area contributed by atoms with Crippen LogP contribution in [0.1, 0.15) is 45.4 Å². The normalized spacial score (nSPS) is 20.8. The van der Waals surface area contributed by atoms with Crippen LogP contribution < -0.4 is 0 Å². The Morgan fingerprint density at radius 3 is 2.58 bits per heavy atom. The van der Waals surface area contributed by atoms with Crippen molar-refractivity contribution in [3.05, 3.63) is 0 Å². The fraction of sp³-hybridized carbons (Fsp3) is 0.889. The first kappa shape index (κ1) is 10.0. The number of carbonyl (C=O) groups excluding carboxylic acids is 1. The van der Waals surface area contributed by atoms with Gasteiger partial charge in [-0.05, 0) is 48.0 Å². The standard InChI is InChI=1S/C9H15BrO2/c1-2-5-8(11)12-9(10)6-3-4-7-9/h2-7H2,1H3. The Balaban J connectivity index is 2.33. The fourth-order valence-corrected chi connectivity index (χ4v) is 2.21. The van der Waals surface area contributed by atoms with Crippen LogP contribution in [0.3, 0.4) is 0 Å². The maximum atomic E-state index is 11.2. The summed E-state index contributed by atoms with van der Waals surface area (Å²) in [6.07, 6.45) is 5.63. The first-order valence-electron chi connectivity index (χ1n) is 4.57. The van der Waals surface area contributed by atoms with Crippen LogP contribution in [0.4, 0.5) is 0 Å². The Kier molecular flexibility index (Phi) is 3.56. The second-order valence-electron chi connectivity index (χ2n) is 3.31. The first-order valence-corrected chi connectivity index (χ1v) is 5.36. The lowest BCUT2D eigenvalue weighted by Crippen LogP contribution is -2.24. The van der Waals surface area contributed by atoms with E-state index in [1.807, 2.05) is 6.92 Å². The molecule has 0 amide bonds. The molecule has 0 aliphatic heterocycles. The average Bonchev–Trinajstić information content (AvgIpc) is 2.36. The van der Waals surface area contributed by atoms with Gasteiger partial charge in [0.15, 0.2) is 4.51 Å². The van der Waals surface area contributed by atoms with E-state index < -0.39 is 0 Å². The lowest BCUT2D eigenvalue weighted by atomic mass is 10.3. The van der Waals surface area contributed by atoms with Crippen molar-refractivity contribution in [2.45, 2.75) is 50.0 Å². The Bertz CT molecular complexity index is 162. The quantitative estimate of drug-likeness (QED) is 0.555. The van der Waals surface area contributed by atoms with Crippen molar-refractivity contribution < 1.29 is 9.53 Å². The van der Waals surface area contributed by atoms with Gasteiger partial charge in [-0.3, -0.25) is 4.79 Å². The van der Waals surface area contributed by atoms with E-state index in [0.717, 1.165) is 32.1 Å². The molecule has 1 saturated carbocycles. The van der Waals surface area contributed by atoms with Crippen LogP contribution in [0.15, 0.2) is 0 Å². The van der Waals surface area contributed by atoms with E-state index in [1.54, 1.807) is 0 Å². The van der Waals surface area contributed by atoms with E-state index in [2.05, 4.69) is 15.9 Å². The number of halogens is 1. The molecule has 1 aliphatic carbocycles. The van der Waals surface area contributed by atoms with Crippen LogP contribution in [0.25, 0.3) is 0 Å². The van der Waals surface area contributed by atoms with Crippen LogP contribution in [0.5, 0.6) is 0 Å². The van der Waals surface area contributed by atoms with Gasteiger partial charge >= 0.3 is 5.97 Å². The number of hydrogen-bond donors (Lipinski definition) is 0. The van der Waals surface area contributed by atoms with E-state index in [4.69, 9.17) is 4.74 Å². The molecular weight excluding hydrogens is 220 g/mol. The van der Waals surface area contributed by atoms with Gasteiger partial charge in [0.25, 0.3) is 0 Å². The summed E-state index contributed by atoms with van der Waals surface area (Å²) < 4.78 is 5.00. The summed E-state index contributed by atoms with van der Waals surface area (Å²) in [6.45, 7) is 1.98. The SMILES string of the molecule is CCCC(=O)OC1(Br)CCCC1. The number of alkyl halides is 1. The minimum atomic E-state index is -0.320. The summed E-state index contributed by atoms with van der Waals surface area (Å²) >= 11 is 3.47. The van der Waals surface area contributed by atoms with Crippen molar-refractivity contribution in [3.8, 4) is 0 Å². The van der Waals surface area contributed by atoms with Crippen LogP contribution in [0.2, 0.25) is 0 Å². The topological polar surface area (TPSA) is 26.3 Å². The van der Waals surface area contributed by atoms with Gasteiger partial charge in [-0.1, -0.05) is 6.92 Å². The highest BCUT2D eigenvalue weighted by Crippen LogP contribution is 2.38. The van der Waals surface area contributed by atoms with Crippen molar-refractivity contribution in [2.75, 3.05) is 0 Å². The Morgan fingerprint density at radius 1 is 1.50 bits per heavy atom. The fourth-order valence-electron chi connectivity index (χ4n) is 1.46. The third-order valence-electron chi connectivity index (χ3n) is 2.10. The Labute approximate surface area is 81.8 Å². The monoisotopic (exact) mass is 234 g/mol. The molecule has 0 unspecified atom stereocenters. The van der Waals surface area contributed by atoms with Crippen molar-refractivity contribution in [2.24, 2.45) is 0 Å². The lowest BCUT2D eigenvalue weighted by Gasteiger charge is -2.21. The minimum Gasteiger partial charge on any atom is -0.447 e. The van der Waals surface area contributed by atoms with Crippen molar-refractivity contribution >= 4 is 21.9 Å². The molecule has 70 valence electrons. The number of hydrogen-bond acceptors (Lipinski definition) is 2. The van der Waals surface area contributed by atoms with Crippen molar-refractivity contribution in [1.29, 1.82) is 0 Å². The van der Waals surface area contributed by atoms with E-state index >= 15 is 0 Å². The molecule has 0 spiro atoms. The van der Waals surface area contributed by atoms with E-state index in [1.165, 1.54) is 0 Å². The van der Waals surface area contributed by atoms with Gasteiger partial charge in [0.1, 0.15) is 0 Å². The number of esters is 1. The molecule has 1 fully saturated rings. The third kappa shape index (κ3) is 2.77. The maximum Gasteiger partial charge on any atom is 0.307 e. The summed E-state index contributed by atoms with van der Waals surface area (Å²) in [5.74, 6) is -0.0729. The molecule has 1 rings (SSSR count). The van der Waals surface area contributed by atoms with Gasteiger partial charge in [-0.15, -0.1) is 0 Å². The zero-order valence-electron chi connectivity index (χ0n) is 7.44. The maximum absolute atomic E-state index is 11.2.